The second kappa shape index (κ2) is 14.1. The zero-order valence-corrected chi connectivity index (χ0v) is 24.6. The van der Waals surface area contributed by atoms with E-state index >= 15 is 0 Å². The molecule has 0 aliphatic heterocycles. The summed E-state index contributed by atoms with van der Waals surface area (Å²) in [5, 5.41) is 22.4. The minimum atomic E-state index is -1.03. The Morgan fingerprint density at radius 2 is 0.795 bits per heavy atom. The number of nitrogens with zero attached hydrogens (tertiary/aromatic N) is 2. The van der Waals surface area contributed by atoms with Crippen LogP contribution in [0.15, 0.2) is 97.1 Å². The summed E-state index contributed by atoms with van der Waals surface area (Å²) in [4.78, 5) is 34.8. The highest BCUT2D eigenvalue weighted by molar-refractivity contribution is 5.62. The minimum absolute atomic E-state index is 0.0418. The van der Waals surface area contributed by atoms with E-state index in [1.165, 1.54) is 48.5 Å². The molecule has 0 heterocycles. The van der Waals surface area contributed by atoms with Crippen molar-refractivity contribution in [1.82, 2.24) is 0 Å². The number of rotatable bonds is 12. The van der Waals surface area contributed by atoms with Gasteiger partial charge in [0.1, 0.15) is 11.5 Å². The van der Waals surface area contributed by atoms with E-state index in [4.69, 9.17) is 18.9 Å². The molecule has 0 N–H and O–H groups in total. The monoisotopic (exact) mass is 600 g/mol. The van der Waals surface area contributed by atoms with Crippen LogP contribution >= 0.6 is 0 Å². The summed E-state index contributed by atoms with van der Waals surface area (Å²) >= 11 is 0. The Morgan fingerprint density at radius 3 is 1.05 bits per heavy atom. The first-order valence-corrected chi connectivity index (χ1v) is 13.9. The van der Waals surface area contributed by atoms with Gasteiger partial charge in [-0.05, 0) is 98.5 Å². The second-order valence-corrected chi connectivity index (χ2v) is 10.4. The number of benzene rings is 4. The number of ether oxygens (including phenoxy) is 4. The van der Waals surface area contributed by atoms with Crippen LogP contribution in [0.3, 0.4) is 0 Å². The lowest BCUT2D eigenvalue weighted by Gasteiger charge is -2.23. The van der Waals surface area contributed by atoms with Gasteiger partial charge in [0.25, 0.3) is 11.4 Å². The first-order valence-electron chi connectivity index (χ1n) is 13.9. The lowest BCUT2D eigenvalue weighted by molar-refractivity contribution is -0.385. The smallest absolute Gasteiger partial charge is 0.491 e. The summed E-state index contributed by atoms with van der Waals surface area (Å²) < 4.78 is 23.1. The van der Waals surface area contributed by atoms with Crippen LogP contribution in [-0.4, -0.2) is 28.2 Å². The van der Waals surface area contributed by atoms with Crippen molar-refractivity contribution in [3.8, 4) is 11.5 Å². The Morgan fingerprint density at radius 1 is 0.523 bits per heavy atom. The predicted molar refractivity (Wildman–Crippen MR) is 162 cm³/mol. The van der Waals surface area contributed by atoms with Crippen molar-refractivity contribution in [2.45, 2.75) is 52.1 Å². The SMILES string of the molecule is CC(C)Oc1ccc(C(OC(=O)OC(c2ccc(OC(C)C)cc2)c2ccc([N+](=O)[O-])cc2)c2ccc([N+](=O)[O-])cc2)cc1. The quantitative estimate of drug-likeness (QED) is 0.0895. The first kappa shape index (κ1) is 31.5. The van der Waals surface area contributed by atoms with Crippen LogP contribution < -0.4 is 9.47 Å². The van der Waals surface area contributed by atoms with Gasteiger partial charge in [0.2, 0.25) is 0 Å². The summed E-state index contributed by atoms with van der Waals surface area (Å²) in [5.41, 5.74) is 1.89. The minimum Gasteiger partial charge on any atom is -0.491 e. The van der Waals surface area contributed by atoms with Crippen LogP contribution in [0, 0.1) is 20.2 Å². The van der Waals surface area contributed by atoms with Crippen molar-refractivity contribution in [3.63, 3.8) is 0 Å². The maximum Gasteiger partial charge on any atom is 0.510 e. The van der Waals surface area contributed by atoms with Crippen molar-refractivity contribution >= 4 is 17.5 Å². The Labute approximate surface area is 254 Å². The predicted octanol–water partition coefficient (Wildman–Crippen LogP) is 8.11. The van der Waals surface area contributed by atoms with Gasteiger partial charge in [0, 0.05) is 24.3 Å². The molecule has 0 bridgehead atoms. The molecule has 11 nitrogen and oxygen atoms in total. The summed E-state index contributed by atoms with van der Waals surface area (Å²) in [6, 6.07) is 25.2. The van der Waals surface area contributed by atoms with Gasteiger partial charge in [-0.25, -0.2) is 4.79 Å². The summed E-state index contributed by atoms with van der Waals surface area (Å²) in [5.74, 6) is 1.24. The summed E-state index contributed by atoms with van der Waals surface area (Å²) in [6.07, 6.45) is -3.06. The molecule has 0 spiro atoms. The van der Waals surface area contributed by atoms with Gasteiger partial charge >= 0.3 is 6.16 Å². The third kappa shape index (κ3) is 8.31. The normalized spacial score (nSPS) is 12.3. The van der Waals surface area contributed by atoms with Crippen molar-refractivity contribution in [2.75, 3.05) is 0 Å². The maximum atomic E-state index is 13.4. The van der Waals surface area contributed by atoms with Crippen LogP contribution in [-0.2, 0) is 9.47 Å². The Bertz CT molecular complexity index is 1450. The molecule has 4 aromatic rings. The molecule has 0 aromatic heterocycles. The molecule has 2 unspecified atom stereocenters. The van der Waals surface area contributed by atoms with E-state index in [-0.39, 0.29) is 23.6 Å². The fraction of sp³-hybridized carbons (Fsp3) is 0.242. The van der Waals surface area contributed by atoms with Crippen LogP contribution in [0.4, 0.5) is 16.2 Å². The van der Waals surface area contributed by atoms with Gasteiger partial charge in [-0.2, -0.15) is 0 Å². The number of nitro groups is 2. The van der Waals surface area contributed by atoms with E-state index in [1.807, 2.05) is 27.7 Å². The van der Waals surface area contributed by atoms with Crippen molar-refractivity contribution in [2.24, 2.45) is 0 Å². The van der Waals surface area contributed by atoms with Gasteiger partial charge in [0.15, 0.2) is 12.2 Å². The van der Waals surface area contributed by atoms with E-state index in [9.17, 15) is 25.0 Å². The first-order chi connectivity index (χ1) is 21.0. The molecule has 0 amide bonds. The lowest BCUT2D eigenvalue weighted by atomic mass is 10.0. The van der Waals surface area contributed by atoms with Crippen LogP contribution in [0.5, 0.6) is 11.5 Å². The number of carbonyl (C=O) groups is 1. The molecule has 0 aliphatic rings. The average Bonchev–Trinajstić information content (AvgIpc) is 2.99. The zero-order valence-electron chi connectivity index (χ0n) is 24.6. The molecule has 228 valence electrons. The number of carbonyl (C=O) groups excluding carboxylic acids is 1. The molecule has 0 saturated heterocycles. The fourth-order valence-corrected chi connectivity index (χ4v) is 4.41. The fourth-order valence-electron chi connectivity index (χ4n) is 4.41. The Hall–Kier alpha value is -5.45. The number of hydrogen-bond acceptors (Lipinski definition) is 9. The van der Waals surface area contributed by atoms with Crippen molar-refractivity contribution in [3.05, 3.63) is 140 Å². The van der Waals surface area contributed by atoms with Gasteiger partial charge in [-0.15, -0.1) is 0 Å². The molecule has 4 aromatic carbocycles. The molecule has 0 radical (unpaired) electrons. The molecule has 0 aliphatic carbocycles. The molecule has 44 heavy (non-hydrogen) atoms. The molecule has 11 heteroatoms. The highest BCUT2D eigenvalue weighted by Gasteiger charge is 2.26. The number of hydrogen-bond donors (Lipinski definition) is 0. The lowest BCUT2D eigenvalue weighted by Crippen LogP contribution is -2.18. The molecule has 4 rings (SSSR count). The van der Waals surface area contributed by atoms with Gasteiger partial charge in [-0.3, -0.25) is 20.2 Å². The van der Waals surface area contributed by atoms with Crippen molar-refractivity contribution in [1.29, 1.82) is 0 Å². The molecule has 0 saturated carbocycles. The van der Waals surface area contributed by atoms with E-state index < -0.39 is 28.2 Å². The van der Waals surface area contributed by atoms with E-state index in [0.717, 1.165) is 0 Å². The molecular formula is C33H32N2O9. The summed E-state index contributed by atoms with van der Waals surface area (Å²) in [6.45, 7) is 7.61. The summed E-state index contributed by atoms with van der Waals surface area (Å²) in [7, 11) is 0. The Balaban J connectivity index is 1.65. The van der Waals surface area contributed by atoms with E-state index in [1.54, 1.807) is 48.5 Å². The maximum absolute atomic E-state index is 13.4. The third-order valence-corrected chi connectivity index (χ3v) is 6.35. The third-order valence-electron chi connectivity index (χ3n) is 6.35. The van der Waals surface area contributed by atoms with Crippen molar-refractivity contribution < 1.29 is 33.6 Å². The molecule has 0 fully saturated rings. The zero-order chi connectivity index (χ0) is 31.8. The molecule has 2 atom stereocenters. The van der Waals surface area contributed by atoms with Crippen LogP contribution in [0.1, 0.15) is 62.2 Å². The highest BCUT2D eigenvalue weighted by atomic mass is 16.7. The van der Waals surface area contributed by atoms with E-state index in [0.29, 0.717) is 33.8 Å². The highest BCUT2D eigenvalue weighted by Crippen LogP contribution is 2.33. The van der Waals surface area contributed by atoms with Gasteiger partial charge in [0.05, 0.1) is 22.1 Å². The number of nitro benzene ring substituents is 2. The average molecular weight is 601 g/mol. The van der Waals surface area contributed by atoms with Crippen LogP contribution in [0.25, 0.3) is 0 Å². The Kier molecular flexibility index (Phi) is 10.1. The van der Waals surface area contributed by atoms with Gasteiger partial charge in [-0.1, -0.05) is 24.3 Å². The number of non-ortho nitro benzene ring substituents is 2. The second-order valence-electron chi connectivity index (χ2n) is 10.4. The van der Waals surface area contributed by atoms with E-state index in [2.05, 4.69) is 0 Å². The topological polar surface area (TPSA) is 140 Å². The van der Waals surface area contributed by atoms with Gasteiger partial charge < -0.3 is 18.9 Å². The molecular weight excluding hydrogens is 568 g/mol. The standard InChI is InChI=1S/C33H32N2O9/c1-21(2)41-29-17-9-25(10-18-29)31(23-5-13-27(14-6-23)34(37)38)43-33(36)44-32(24-7-15-28(16-8-24)35(39)40)26-11-19-30(20-12-26)42-22(3)4/h5-22,31-32H,1-4H3. The van der Waals surface area contributed by atoms with Crippen LogP contribution in [0.2, 0.25) is 0 Å². The largest absolute Gasteiger partial charge is 0.510 e.